The molecule has 0 N–H and O–H groups in total. The van der Waals surface area contributed by atoms with Crippen LogP contribution in [0.15, 0.2) is 6.33 Å². The molecule has 0 atom stereocenters. The Balaban J connectivity index is 2.19. The van der Waals surface area contributed by atoms with Gasteiger partial charge in [-0.25, -0.2) is 9.78 Å². The summed E-state index contributed by atoms with van der Waals surface area (Å²) in [7, 11) is 0. The molecule has 0 saturated carbocycles. The van der Waals surface area contributed by atoms with Gasteiger partial charge in [-0.15, -0.1) is 0 Å². The molecule has 0 aliphatic carbocycles. The lowest BCUT2D eigenvalue weighted by atomic mass is 10.2. The first kappa shape index (κ1) is 10.2. The first-order valence-corrected chi connectivity index (χ1v) is 5.02. The monoisotopic (exact) mass is 210 g/mol. The summed E-state index contributed by atoms with van der Waals surface area (Å²) in [5, 5.41) is 0. The minimum Gasteiger partial charge on any atom is -0.461 e. The molecule has 82 valence electrons. The van der Waals surface area contributed by atoms with Crippen LogP contribution < -0.4 is 0 Å². The van der Waals surface area contributed by atoms with E-state index in [1.54, 1.807) is 13.3 Å². The predicted octanol–water partition coefficient (Wildman–Crippen LogP) is 0.940. The molecule has 1 aromatic heterocycles. The molecular formula is C10H14N2O3. The van der Waals surface area contributed by atoms with E-state index in [9.17, 15) is 4.79 Å². The molecule has 1 aliphatic heterocycles. The van der Waals surface area contributed by atoms with Crippen LogP contribution in [0.4, 0.5) is 0 Å². The maximum atomic E-state index is 11.5. The molecule has 0 spiro atoms. The molecule has 15 heavy (non-hydrogen) atoms. The molecule has 5 nitrogen and oxygen atoms in total. The van der Waals surface area contributed by atoms with Gasteiger partial charge in [-0.1, -0.05) is 0 Å². The van der Waals surface area contributed by atoms with Crippen molar-refractivity contribution in [3.63, 3.8) is 0 Å². The Bertz CT molecular complexity index is 369. The SMILES string of the molecule is CCOC(=O)c1ncn(C2COC2)c1C. The van der Waals surface area contributed by atoms with Crippen molar-refractivity contribution in [3.05, 3.63) is 17.7 Å². The van der Waals surface area contributed by atoms with Gasteiger partial charge in [-0.05, 0) is 13.8 Å². The van der Waals surface area contributed by atoms with Gasteiger partial charge in [0.25, 0.3) is 0 Å². The molecule has 0 aromatic carbocycles. The Morgan fingerprint density at radius 2 is 2.47 bits per heavy atom. The van der Waals surface area contributed by atoms with Gasteiger partial charge in [-0.3, -0.25) is 0 Å². The summed E-state index contributed by atoms with van der Waals surface area (Å²) >= 11 is 0. The number of ether oxygens (including phenoxy) is 2. The normalized spacial score (nSPS) is 16.1. The van der Waals surface area contributed by atoms with Crippen LogP contribution >= 0.6 is 0 Å². The van der Waals surface area contributed by atoms with Crippen molar-refractivity contribution in [1.82, 2.24) is 9.55 Å². The number of esters is 1. The van der Waals surface area contributed by atoms with Crippen LogP contribution in [0.3, 0.4) is 0 Å². The molecule has 5 heteroatoms. The lowest BCUT2D eigenvalue weighted by Gasteiger charge is -2.28. The third-order valence-electron chi connectivity index (χ3n) is 2.52. The van der Waals surface area contributed by atoms with E-state index in [2.05, 4.69) is 4.98 Å². The first-order chi connectivity index (χ1) is 7.24. The molecule has 0 bridgehead atoms. The fourth-order valence-electron chi connectivity index (χ4n) is 1.57. The standard InChI is InChI=1S/C10H14N2O3/c1-3-15-10(13)9-7(2)12(6-11-9)8-4-14-5-8/h6,8H,3-5H2,1-2H3. The molecule has 0 amide bonds. The summed E-state index contributed by atoms with van der Waals surface area (Å²) in [5.74, 6) is -0.353. The van der Waals surface area contributed by atoms with E-state index in [-0.39, 0.29) is 5.97 Å². The van der Waals surface area contributed by atoms with E-state index in [4.69, 9.17) is 9.47 Å². The smallest absolute Gasteiger partial charge is 0.358 e. The van der Waals surface area contributed by atoms with Crippen LogP contribution in [0.25, 0.3) is 0 Å². The summed E-state index contributed by atoms with van der Waals surface area (Å²) < 4.78 is 12.0. The Hall–Kier alpha value is -1.36. The Labute approximate surface area is 88.0 Å². The summed E-state index contributed by atoms with van der Waals surface area (Å²) in [6.07, 6.45) is 1.68. The van der Waals surface area contributed by atoms with E-state index in [1.165, 1.54) is 0 Å². The van der Waals surface area contributed by atoms with Crippen molar-refractivity contribution >= 4 is 5.97 Å². The summed E-state index contributed by atoms with van der Waals surface area (Å²) in [6, 6.07) is 0.320. The topological polar surface area (TPSA) is 53.3 Å². The number of nitrogens with zero attached hydrogens (tertiary/aromatic N) is 2. The highest BCUT2D eigenvalue weighted by atomic mass is 16.5. The highest BCUT2D eigenvalue weighted by Gasteiger charge is 2.25. The molecule has 1 fully saturated rings. The zero-order valence-electron chi connectivity index (χ0n) is 8.90. The maximum Gasteiger partial charge on any atom is 0.358 e. The van der Waals surface area contributed by atoms with E-state index >= 15 is 0 Å². The quantitative estimate of drug-likeness (QED) is 0.697. The summed E-state index contributed by atoms with van der Waals surface area (Å²) in [6.45, 7) is 5.41. The van der Waals surface area contributed by atoms with E-state index < -0.39 is 0 Å². The van der Waals surface area contributed by atoms with Crippen LogP contribution in [-0.4, -0.2) is 35.3 Å². The van der Waals surface area contributed by atoms with Crippen LogP contribution in [0.1, 0.15) is 29.1 Å². The van der Waals surface area contributed by atoms with Crippen molar-refractivity contribution in [2.24, 2.45) is 0 Å². The van der Waals surface area contributed by atoms with Crippen LogP contribution in [-0.2, 0) is 9.47 Å². The average molecular weight is 210 g/mol. The molecule has 1 aromatic rings. The number of hydrogen-bond acceptors (Lipinski definition) is 4. The lowest BCUT2D eigenvalue weighted by Crippen LogP contribution is -2.31. The third kappa shape index (κ3) is 1.74. The highest BCUT2D eigenvalue weighted by molar-refractivity contribution is 5.88. The fourth-order valence-corrected chi connectivity index (χ4v) is 1.57. The Morgan fingerprint density at radius 1 is 1.73 bits per heavy atom. The zero-order chi connectivity index (χ0) is 10.8. The second kappa shape index (κ2) is 4.02. The van der Waals surface area contributed by atoms with Crippen LogP contribution in [0.5, 0.6) is 0 Å². The van der Waals surface area contributed by atoms with Crippen molar-refractivity contribution in [2.75, 3.05) is 19.8 Å². The number of carbonyl (C=O) groups excluding carboxylic acids is 1. The van der Waals surface area contributed by atoms with Crippen LogP contribution in [0, 0.1) is 6.92 Å². The number of hydrogen-bond donors (Lipinski definition) is 0. The molecule has 0 unspecified atom stereocenters. The molecular weight excluding hydrogens is 196 g/mol. The number of carbonyl (C=O) groups is 1. The van der Waals surface area contributed by atoms with Gasteiger partial charge in [0.15, 0.2) is 5.69 Å². The first-order valence-electron chi connectivity index (χ1n) is 5.02. The molecule has 2 rings (SSSR count). The number of imidazole rings is 1. The minimum absolute atomic E-state index is 0.320. The van der Waals surface area contributed by atoms with Gasteiger partial charge in [-0.2, -0.15) is 0 Å². The van der Waals surface area contributed by atoms with Crippen LogP contribution in [0.2, 0.25) is 0 Å². The largest absolute Gasteiger partial charge is 0.461 e. The van der Waals surface area contributed by atoms with Gasteiger partial charge < -0.3 is 14.0 Å². The van der Waals surface area contributed by atoms with E-state index in [0.29, 0.717) is 31.6 Å². The fraction of sp³-hybridized carbons (Fsp3) is 0.600. The molecule has 2 heterocycles. The lowest BCUT2D eigenvalue weighted by molar-refractivity contribution is -0.0241. The summed E-state index contributed by atoms with van der Waals surface area (Å²) in [4.78, 5) is 15.5. The molecule has 0 radical (unpaired) electrons. The van der Waals surface area contributed by atoms with Crippen molar-refractivity contribution in [1.29, 1.82) is 0 Å². The van der Waals surface area contributed by atoms with Gasteiger partial charge in [0.2, 0.25) is 0 Å². The maximum absolute atomic E-state index is 11.5. The highest BCUT2D eigenvalue weighted by Crippen LogP contribution is 2.20. The van der Waals surface area contributed by atoms with E-state index in [1.807, 2.05) is 11.5 Å². The van der Waals surface area contributed by atoms with Gasteiger partial charge in [0, 0.05) is 5.69 Å². The van der Waals surface area contributed by atoms with E-state index in [0.717, 1.165) is 5.69 Å². The Kier molecular flexibility index (Phi) is 2.73. The minimum atomic E-state index is -0.353. The zero-order valence-corrected chi connectivity index (χ0v) is 8.90. The number of aromatic nitrogens is 2. The average Bonchev–Trinajstić information content (AvgIpc) is 2.46. The number of rotatable bonds is 3. The van der Waals surface area contributed by atoms with Gasteiger partial charge in [0.05, 0.1) is 32.2 Å². The summed E-state index contributed by atoms with van der Waals surface area (Å²) in [5.41, 5.74) is 1.26. The second-order valence-electron chi connectivity index (χ2n) is 3.50. The Morgan fingerprint density at radius 3 is 3.00 bits per heavy atom. The van der Waals surface area contributed by atoms with Gasteiger partial charge in [0.1, 0.15) is 0 Å². The predicted molar refractivity (Wildman–Crippen MR) is 52.8 cm³/mol. The van der Waals surface area contributed by atoms with Gasteiger partial charge >= 0.3 is 5.97 Å². The second-order valence-corrected chi connectivity index (χ2v) is 3.50. The third-order valence-corrected chi connectivity index (χ3v) is 2.52. The molecule has 1 aliphatic rings. The van der Waals surface area contributed by atoms with Crippen molar-refractivity contribution < 1.29 is 14.3 Å². The van der Waals surface area contributed by atoms with Crippen molar-refractivity contribution in [2.45, 2.75) is 19.9 Å². The molecule has 1 saturated heterocycles. The van der Waals surface area contributed by atoms with Crippen molar-refractivity contribution in [3.8, 4) is 0 Å².